The normalized spacial score (nSPS) is 16.2. The first-order valence-corrected chi connectivity index (χ1v) is 7.42. The lowest BCUT2D eigenvalue weighted by atomic mass is 10.2. The molecule has 1 heterocycles. The van der Waals surface area contributed by atoms with Crippen molar-refractivity contribution >= 4 is 17.3 Å². The van der Waals surface area contributed by atoms with Gasteiger partial charge in [0.15, 0.2) is 0 Å². The van der Waals surface area contributed by atoms with E-state index in [9.17, 15) is 4.79 Å². The number of nitriles is 1. The third-order valence-electron chi connectivity index (χ3n) is 3.77. The standard InChI is InChI=1S/C16H22N4O2/c1-13(11-17)19(2)12-16(21)18-14-3-5-15(6-4-14)20-7-9-22-10-8-20/h3-6,13H,7-10,12H2,1-2H3,(H,18,21)/t13-/m0/s1. The van der Waals surface area contributed by atoms with Gasteiger partial charge in [0.05, 0.1) is 31.9 Å². The van der Waals surface area contributed by atoms with Crippen molar-refractivity contribution in [3.63, 3.8) is 0 Å². The lowest BCUT2D eigenvalue weighted by Crippen LogP contribution is -2.36. The molecule has 0 unspecified atom stereocenters. The minimum atomic E-state index is -0.283. The molecule has 6 heteroatoms. The molecule has 1 aliphatic rings. The van der Waals surface area contributed by atoms with Gasteiger partial charge in [-0.05, 0) is 38.2 Å². The number of anilines is 2. The molecule has 118 valence electrons. The second-order valence-corrected chi connectivity index (χ2v) is 5.41. The van der Waals surface area contributed by atoms with E-state index < -0.39 is 0 Å². The van der Waals surface area contributed by atoms with Gasteiger partial charge < -0.3 is 15.0 Å². The number of morpholine rings is 1. The first-order chi connectivity index (χ1) is 10.6. The third-order valence-corrected chi connectivity index (χ3v) is 3.77. The van der Waals surface area contributed by atoms with Crippen molar-refractivity contribution in [2.24, 2.45) is 0 Å². The van der Waals surface area contributed by atoms with E-state index in [0.29, 0.717) is 0 Å². The van der Waals surface area contributed by atoms with Gasteiger partial charge in [-0.15, -0.1) is 0 Å². The van der Waals surface area contributed by atoms with Crippen LogP contribution in [0.2, 0.25) is 0 Å². The molecule has 22 heavy (non-hydrogen) atoms. The number of hydrogen-bond donors (Lipinski definition) is 1. The summed E-state index contributed by atoms with van der Waals surface area (Å²) in [5, 5.41) is 11.7. The molecule has 1 aromatic carbocycles. The van der Waals surface area contributed by atoms with E-state index in [-0.39, 0.29) is 18.5 Å². The molecule has 1 saturated heterocycles. The molecule has 0 aliphatic carbocycles. The molecule has 1 aliphatic heterocycles. The number of carbonyl (C=O) groups is 1. The second-order valence-electron chi connectivity index (χ2n) is 5.41. The van der Waals surface area contributed by atoms with Gasteiger partial charge in [-0.1, -0.05) is 0 Å². The second kappa shape index (κ2) is 7.78. The zero-order valence-corrected chi connectivity index (χ0v) is 13.1. The van der Waals surface area contributed by atoms with Crippen LogP contribution in [-0.4, -0.2) is 56.7 Å². The molecular formula is C16H22N4O2. The van der Waals surface area contributed by atoms with E-state index in [2.05, 4.69) is 16.3 Å². The van der Waals surface area contributed by atoms with Gasteiger partial charge in [0.1, 0.15) is 0 Å². The number of rotatable bonds is 5. The first-order valence-electron chi connectivity index (χ1n) is 7.42. The van der Waals surface area contributed by atoms with Crippen LogP contribution in [0.1, 0.15) is 6.92 Å². The van der Waals surface area contributed by atoms with Crippen LogP contribution in [0, 0.1) is 11.3 Å². The molecule has 1 amide bonds. The van der Waals surface area contributed by atoms with Crippen LogP contribution in [-0.2, 0) is 9.53 Å². The Morgan fingerprint density at radius 1 is 1.41 bits per heavy atom. The number of carbonyl (C=O) groups excluding carboxylic acids is 1. The predicted molar refractivity (Wildman–Crippen MR) is 85.8 cm³/mol. The maximum Gasteiger partial charge on any atom is 0.238 e. The average molecular weight is 302 g/mol. The lowest BCUT2D eigenvalue weighted by molar-refractivity contribution is -0.117. The summed E-state index contributed by atoms with van der Waals surface area (Å²) in [6.45, 7) is 5.25. The topological polar surface area (TPSA) is 68.6 Å². The number of nitrogens with zero attached hydrogens (tertiary/aromatic N) is 3. The highest BCUT2D eigenvalue weighted by Crippen LogP contribution is 2.19. The van der Waals surface area contributed by atoms with Gasteiger partial charge in [-0.3, -0.25) is 9.69 Å². The molecule has 0 bridgehead atoms. The molecule has 0 spiro atoms. The fourth-order valence-corrected chi connectivity index (χ4v) is 2.24. The van der Waals surface area contributed by atoms with Crippen molar-refractivity contribution < 1.29 is 9.53 Å². The summed E-state index contributed by atoms with van der Waals surface area (Å²) in [5.41, 5.74) is 1.90. The Kier molecular flexibility index (Phi) is 5.75. The first kappa shape index (κ1) is 16.3. The maximum atomic E-state index is 11.9. The molecule has 1 fully saturated rings. The van der Waals surface area contributed by atoms with Crippen LogP contribution in [0.5, 0.6) is 0 Å². The fraction of sp³-hybridized carbons (Fsp3) is 0.500. The molecule has 1 aromatic rings. The Morgan fingerprint density at radius 2 is 2.05 bits per heavy atom. The van der Waals surface area contributed by atoms with Crippen LogP contribution in [0.4, 0.5) is 11.4 Å². The largest absolute Gasteiger partial charge is 0.378 e. The number of ether oxygens (including phenoxy) is 1. The van der Waals surface area contributed by atoms with Crippen molar-refractivity contribution in [2.75, 3.05) is 50.1 Å². The summed E-state index contributed by atoms with van der Waals surface area (Å²) < 4.78 is 5.34. The van der Waals surface area contributed by atoms with Gasteiger partial charge >= 0.3 is 0 Å². The Morgan fingerprint density at radius 3 is 2.64 bits per heavy atom. The van der Waals surface area contributed by atoms with E-state index in [4.69, 9.17) is 10.00 Å². The zero-order valence-electron chi connectivity index (χ0n) is 13.1. The van der Waals surface area contributed by atoms with Crippen LogP contribution in [0.25, 0.3) is 0 Å². The molecule has 0 saturated carbocycles. The fourth-order valence-electron chi connectivity index (χ4n) is 2.24. The highest BCUT2D eigenvalue weighted by Gasteiger charge is 2.13. The van der Waals surface area contributed by atoms with Crippen molar-refractivity contribution in [1.82, 2.24) is 4.90 Å². The summed E-state index contributed by atoms with van der Waals surface area (Å²) in [6.07, 6.45) is 0. The van der Waals surface area contributed by atoms with E-state index in [1.54, 1.807) is 18.9 Å². The quantitative estimate of drug-likeness (QED) is 0.888. The number of hydrogen-bond acceptors (Lipinski definition) is 5. The van der Waals surface area contributed by atoms with Gasteiger partial charge in [0.2, 0.25) is 5.91 Å². The summed E-state index contributed by atoms with van der Waals surface area (Å²) in [6, 6.07) is 9.63. The molecule has 1 atom stereocenters. The molecule has 2 rings (SSSR count). The molecule has 0 radical (unpaired) electrons. The monoisotopic (exact) mass is 302 g/mol. The summed E-state index contributed by atoms with van der Waals surface area (Å²) in [7, 11) is 1.76. The maximum absolute atomic E-state index is 11.9. The van der Waals surface area contributed by atoms with Crippen molar-refractivity contribution in [1.29, 1.82) is 5.26 Å². The minimum Gasteiger partial charge on any atom is -0.378 e. The van der Waals surface area contributed by atoms with Crippen molar-refractivity contribution in [3.05, 3.63) is 24.3 Å². The van der Waals surface area contributed by atoms with Gasteiger partial charge in [-0.2, -0.15) is 5.26 Å². The number of likely N-dealkylation sites (N-methyl/N-ethyl adjacent to an activating group) is 1. The van der Waals surface area contributed by atoms with Crippen LogP contribution >= 0.6 is 0 Å². The lowest BCUT2D eigenvalue weighted by Gasteiger charge is -2.29. The SMILES string of the molecule is C[C@@H](C#N)N(C)CC(=O)Nc1ccc(N2CCOCC2)cc1. The highest BCUT2D eigenvalue weighted by atomic mass is 16.5. The van der Waals surface area contributed by atoms with Crippen LogP contribution in [0.3, 0.4) is 0 Å². The smallest absolute Gasteiger partial charge is 0.238 e. The van der Waals surface area contributed by atoms with Gasteiger partial charge in [0, 0.05) is 24.5 Å². The molecular weight excluding hydrogens is 280 g/mol. The zero-order chi connectivity index (χ0) is 15.9. The Labute approximate surface area is 131 Å². The molecule has 6 nitrogen and oxygen atoms in total. The Hall–Kier alpha value is -2.10. The van der Waals surface area contributed by atoms with Crippen LogP contribution in [0.15, 0.2) is 24.3 Å². The Balaban J connectivity index is 1.88. The minimum absolute atomic E-state index is 0.122. The summed E-state index contributed by atoms with van der Waals surface area (Å²) in [4.78, 5) is 15.9. The van der Waals surface area contributed by atoms with E-state index in [1.165, 1.54) is 0 Å². The van der Waals surface area contributed by atoms with Crippen molar-refractivity contribution in [3.8, 4) is 6.07 Å². The summed E-state index contributed by atoms with van der Waals surface area (Å²) >= 11 is 0. The number of benzene rings is 1. The van der Waals surface area contributed by atoms with Gasteiger partial charge in [-0.25, -0.2) is 0 Å². The molecule has 0 aromatic heterocycles. The van der Waals surface area contributed by atoms with E-state index >= 15 is 0 Å². The predicted octanol–water partition coefficient (Wildman–Crippen LogP) is 1.31. The molecule has 1 N–H and O–H groups in total. The highest BCUT2D eigenvalue weighted by molar-refractivity contribution is 5.92. The third kappa shape index (κ3) is 4.45. The van der Waals surface area contributed by atoms with Crippen LogP contribution < -0.4 is 10.2 Å². The summed E-state index contributed by atoms with van der Waals surface area (Å²) in [5.74, 6) is -0.122. The Bertz CT molecular complexity index is 532. The number of nitrogens with one attached hydrogen (secondary N) is 1. The number of amides is 1. The van der Waals surface area contributed by atoms with E-state index in [0.717, 1.165) is 37.7 Å². The average Bonchev–Trinajstić information content (AvgIpc) is 2.55. The van der Waals surface area contributed by atoms with Crippen molar-refractivity contribution in [2.45, 2.75) is 13.0 Å². The van der Waals surface area contributed by atoms with Gasteiger partial charge in [0.25, 0.3) is 0 Å². The van der Waals surface area contributed by atoms with E-state index in [1.807, 2.05) is 24.3 Å².